The van der Waals surface area contributed by atoms with Crippen LogP contribution in [0.3, 0.4) is 0 Å². The molecule has 9 rings (SSSR count). The average molecular weight is 1030 g/mol. The summed E-state index contributed by atoms with van der Waals surface area (Å²) in [6.07, 6.45) is 1.83. The summed E-state index contributed by atoms with van der Waals surface area (Å²) >= 11 is 0. The van der Waals surface area contributed by atoms with Gasteiger partial charge in [-0.3, -0.25) is 28.8 Å². The molecule has 16 nitrogen and oxygen atoms in total. The first kappa shape index (κ1) is 55.6. The quantitative estimate of drug-likeness (QED) is 0.0243. The van der Waals surface area contributed by atoms with Crippen LogP contribution in [-0.2, 0) is 0 Å². The van der Waals surface area contributed by atoms with Crippen LogP contribution in [0.1, 0.15) is 136 Å². The van der Waals surface area contributed by atoms with Crippen LogP contribution in [-0.4, -0.2) is 139 Å². The van der Waals surface area contributed by atoms with Crippen molar-refractivity contribution in [3.8, 4) is 11.5 Å². The lowest BCUT2D eigenvalue weighted by molar-refractivity contribution is 0.0977. The zero-order valence-corrected chi connectivity index (χ0v) is 44.1. The summed E-state index contributed by atoms with van der Waals surface area (Å²) in [4.78, 5) is 84.0. The summed E-state index contributed by atoms with van der Waals surface area (Å²) in [6.45, 7) is 17.2. The second-order valence-electron chi connectivity index (χ2n) is 18.9. The van der Waals surface area contributed by atoms with Crippen LogP contribution in [0.5, 0.6) is 11.5 Å². The van der Waals surface area contributed by atoms with Crippen LogP contribution < -0.4 is 27.4 Å². The van der Waals surface area contributed by atoms with Crippen LogP contribution >= 0.6 is 0 Å². The predicted molar refractivity (Wildman–Crippen MR) is 300 cm³/mol. The first-order valence-corrected chi connectivity index (χ1v) is 25.9. The Morgan fingerprint density at radius 2 is 0.750 bits per heavy atom. The molecule has 76 heavy (non-hydrogen) atoms. The van der Waals surface area contributed by atoms with Crippen LogP contribution in [0.4, 0.5) is 28.4 Å². The summed E-state index contributed by atoms with van der Waals surface area (Å²) < 4.78 is 0. The Kier molecular flexibility index (Phi) is 18.2. The smallest absolute Gasteiger partial charge is 0.198 e. The van der Waals surface area contributed by atoms with Gasteiger partial charge in [0.15, 0.2) is 34.7 Å². The second-order valence-corrected chi connectivity index (χ2v) is 18.9. The Bertz CT molecular complexity index is 3200. The summed E-state index contributed by atoms with van der Waals surface area (Å²) in [6, 6.07) is 28.1. The van der Waals surface area contributed by atoms with Crippen molar-refractivity contribution in [2.24, 2.45) is 0 Å². The molecule has 0 amide bonds. The molecule has 0 fully saturated rings. The third-order valence-corrected chi connectivity index (χ3v) is 14.0. The van der Waals surface area contributed by atoms with E-state index in [1.807, 2.05) is 20.2 Å². The van der Waals surface area contributed by atoms with Crippen molar-refractivity contribution in [3.05, 3.63) is 170 Å². The number of nitrogens with one attached hydrogen (secondary N) is 3. The summed E-state index contributed by atoms with van der Waals surface area (Å²) in [5.41, 5.74) is 17.7. The molecule has 0 atom stereocenters. The molecule has 0 spiro atoms. The van der Waals surface area contributed by atoms with E-state index in [1.54, 1.807) is 84.9 Å². The highest BCUT2D eigenvalue weighted by atomic mass is 16.3. The fraction of sp³-hybridized carbons (Fsp3) is 0.300. The third-order valence-electron chi connectivity index (χ3n) is 14.0. The van der Waals surface area contributed by atoms with Crippen molar-refractivity contribution >= 4 is 63.1 Å². The number of likely N-dealkylation sites (N-methyl/N-ethyl adjacent to an activating group) is 1. The van der Waals surface area contributed by atoms with Gasteiger partial charge in [-0.1, -0.05) is 88.4 Å². The lowest BCUT2D eigenvalue weighted by atomic mass is 9.81. The molecule has 0 aromatic heterocycles. The number of nitrogens with two attached hydrogens (primary N) is 2. The van der Waals surface area contributed by atoms with E-state index >= 15 is 0 Å². The van der Waals surface area contributed by atoms with Crippen molar-refractivity contribution in [3.63, 3.8) is 0 Å². The maximum Gasteiger partial charge on any atom is 0.198 e. The fourth-order valence-electron chi connectivity index (χ4n) is 9.80. The number of carbonyl (C=O) groups is 6. The Hall–Kier alpha value is -8.18. The molecule has 0 aliphatic heterocycles. The number of phenolic OH excluding ortho intramolecular Hbond substituents is 2. The topological polar surface area (TPSA) is 241 Å². The molecule has 3 aliphatic rings. The van der Waals surface area contributed by atoms with Crippen LogP contribution in [0.25, 0.3) is 0 Å². The minimum atomic E-state index is -0.311. The van der Waals surface area contributed by atoms with Gasteiger partial charge in [0.05, 0.1) is 38.9 Å². The maximum atomic E-state index is 13.1. The van der Waals surface area contributed by atoms with Gasteiger partial charge < -0.3 is 52.3 Å². The molecule has 6 aromatic rings. The Labute approximate surface area is 444 Å². The number of ketones is 6. The van der Waals surface area contributed by atoms with Gasteiger partial charge in [0.25, 0.3) is 0 Å². The van der Waals surface area contributed by atoms with Gasteiger partial charge in [-0.25, -0.2) is 0 Å². The molecule has 0 saturated heterocycles. The molecule has 6 aromatic carbocycles. The highest BCUT2D eigenvalue weighted by Gasteiger charge is 2.37. The zero-order valence-electron chi connectivity index (χ0n) is 44.1. The van der Waals surface area contributed by atoms with Gasteiger partial charge in [-0.05, 0) is 109 Å². The summed E-state index contributed by atoms with van der Waals surface area (Å²) in [5, 5.41) is 30.1. The molecule has 3 aliphatic carbocycles. The molecule has 396 valence electrons. The van der Waals surface area contributed by atoms with Crippen LogP contribution in [0, 0.1) is 0 Å². The van der Waals surface area contributed by atoms with Crippen molar-refractivity contribution in [2.45, 2.75) is 40.5 Å². The van der Waals surface area contributed by atoms with Crippen molar-refractivity contribution in [2.75, 3.05) is 107 Å². The third kappa shape index (κ3) is 11.5. The summed E-state index contributed by atoms with van der Waals surface area (Å²) in [5.74, 6) is -1.90. The molecule has 9 N–H and O–H groups in total. The first-order chi connectivity index (χ1) is 36.6. The minimum absolute atomic E-state index is 0.0938. The number of fused-ring (bicyclic) bond motifs is 6. The molecule has 0 radical (unpaired) electrons. The number of hydrogen-bond acceptors (Lipinski definition) is 16. The van der Waals surface area contributed by atoms with Gasteiger partial charge in [0.1, 0.15) is 11.5 Å². The monoisotopic (exact) mass is 1030 g/mol. The number of nitrogen functional groups attached to an aromatic ring is 2. The van der Waals surface area contributed by atoms with E-state index in [9.17, 15) is 39.0 Å². The van der Waals surface area contributed by atoms with E-state index < -0.39 is 0 Å². The van der Waals surface area contributed by atoms with Crippen molar-refractivity contribution in [1.82, 2.24) is 14.7 Å². The highest BCUT2D eigenvalue weighted by molar-refractivity contribution is 6.34. The van der Waals surface area contributed by atoms with Gasteiger partial charge >= 0.3 is 0 Å². The van der Waals surface area contributed by atoms with Crippen molar-refractivity contribution in [1.29, 1.82) is 0 Å². The van der Waals surface area contributed by atoms with E-state index in [-0.39, 0.29) is 91.0 Å². The van der Waals surface area contributed by atoms with Gasteiger partial charge in [-0.15, -0.1) is 0 Å². The largest absolute Gasteiger partial charge is 0.507 e. The van der Waals surface area contributed by atoms with Gasteiger partial charge in [0.2, 0.25) is 0 Å². The van der Waals surface area contributed by atoms with Crippen molar-refractivity contribution < 1.29 is 39.0 Å². The number of hydrogen-bond donors (Lipinski definition) is 7. The van der Waals surface area contributed by atoms with E-state index in [0.717, 1.165) is 58.7 Å². The normalized spacial score (nSPS) is 12.9. The first-order valence-electron chi connectivity index (χ1n) is 25.9. The van der Waals surface area contributed by atoms with E-state index in [1.165, 1.54) is 12.1 Å². The molecule has 0 unspecified atom stereocenters. The maximum absolute atomic E-state index is 13.1. The molecular weight excluding hydrogens is 961 g/mol. The lowest BCUT2D eigenvalue weighted by Crippen LogP contribution is -2.30. The fourth-order valence-corrected chi connectivity index (χ4v) is 9.80. The van der Waals surface area contributed by atoms with E-state index in [2.05, 4.69) is 58.3 Å². The Morgan fingerprint density at radius 1 is 0.382 bits per heavy atom. The number of rotatable bonds is 18. The summed E-state index contributed by atoms with van der Waals surface area (Å²) in [7, 11) is 4.00. The number of carbonyl (C=O) groups excluding carboxylic acids is 6. The van der Waals surface area contributed by atoms with Gasteiger partial charge in [-0.2, -0.15) is 0 Å². The molecule has 0 bridgehead atoms. The SMILES string of the molecule is CCN(CC)CCCNc1ccc(O)c2c1C(=O)c1ccccc1C2=O.CCN(CC)CCNc1cccc2c1C(=O)c1c(N)ccc(N)c1C2=O.CN(C)CCCNc1ccc(O)c2c1C(=O)c1ccccc1C2=O. The second kappa shape index (κ2) is 24.9. The van der Waals surface area contributed by atoms with E-state index in [0.29, 0.717) is 70.1 Å². The standard InChI is InChI=1S/C21H24N2O3.C20H24N4O2.C19H20N2O3/c1-3-23(4-2)13-7-12-22-16-10-11-17(24)19-18(16)20(25)14-8-5-6-9-15(14)21(19)26;1-3-24(4-2)11-10-23-15-7-5-6-12-16(15)20(26)18-14(22)9-8-13(21)17(18)19(12)25;1-21(2)11-5-10-20-14-8-9-15(22)17-16(14)18(23)12-6-3-4-7-13(12)19(17)24/h5-6,8-11,22,24H,3-4,7,12-13H2,1-2H3;5-9,23H,3-4,10-11,21-22H2,1-2H3;3-4,6-9,20,22H,5,10-11H2,1-2H3. The van der Waals surface area contributed by atoms with Crippen LogP contribution in [0.15, 0.2) is 103 Å². The molecule has 0 heterocycles. The van der Waals surface area contributed by atoms with Gasteiger partial charge in [0, 0.05) is 82.4 Å². The Balaban J connectivity index is 0.000000166. The van der Waals surface area contributed by atoms with Crippen LogP contribution in [0.2, 0.25) is 0 Å². The molecule has 0 saturated carbocycles. The lowest BCUT2D eigenvalue weighted by Gasteiger charge is -2.24. The minimum Gasteiger partial charge on any atom is -0.507 e. The average Bonchev–Trinajstić information content (AvgIpc) is 3.46. The number of phenols is 2. The number of nitrogens with zero attached hydrogens (tertiary/aromatic N) is 3. The molecular formula is C60H68N8O8. The highest BCUT2D eigenvalue weighted by Crippen LogP contribution is 2.40. The predicted octanol–water partition coefficient (Wildman–Crippen LogP) is 8.22. The van der Waals surface area contributed by atoms with E-state index in [4.69, 9.17) is 11.5 Å². The zero-order chi connectivity index (χ0) is 54.8. The number of benzene rings is 6. The molecule has 16 heteroatoms. The Morgan fingerprint density at radius 3 is 1.20 bits per heavy atom. The number of anilines is 5. The number of aromatic hydroxyl groups is 2.